The van der Waals surface area contributed by atoms with Crippen LogP contribution in [0.25, 0.3) is 0 Å². The van der Waals surface area contributed by atoms with Crippen molar-refractivity contribution in [1.29, 1.82) is 0 Å². The summed E-state index contributed by atoms with van der Waals surface area (Å²) in [7, 11) is 0. The van der Waals surface area contributed by atoms with E-state index >= 15 is 0 Å². The van der Waals surface area contributed by atoms with Crippen LogP contribution in [0.5, 0.6) is 0 Å². The second kappa shape index (κ2) is 4.66. The number of rotatable bonds is 3. The molecule has 2 N–H and O–H groups in total. The molecule has 0 aliphatic carbocycles. The third-order valence-corrected chi connectivity index (χ3v) is 2.92. The molecule has 0 bridgehead atoms. The molecular weight excluding hydrogens is 248 g/mol. The fourth-order valence-electron chi connectivity index (χ4n) is 2.01. The van der Waals surface area contributed by atoms with Gasteiger partial charge in [0.1, 0.15) is 24.9 Å². The third kappa shape index (κ3) is 2.69. The molecule has 0 spiro atoms. The van der Waals surface area contributed by atoms with Crippen molar-refractivity contribution in [2.75, 3.05) is 13.2 Å². The maximum atomic E-state index is 9.70. The number of hydrogen-bond donors (Lipinski definition) is 2. The number of thiocarbonyl (C=S) groups is 1. The van der Waals surface area contributed by atoms with Crippen LogP contribution in [0.2, 0.25) is 0 Å². The molecule has 17 heavy (non-hydrogen) atoms. The van der Waals surface area contributed by atoms with Gasteiger partial charge < -0.3 is 29.2 Å². The maximum absolute atomic E-state index is 9.70. The smallest absolute Gasteiger partial charge is 0.352 e. The first-order valence-electron chi connectivity index (χ1n) is 5.41. The van der Waals surface area contributed by atoms with Crippen LogP contribution in [0.3, 0.4) is 0 Å². The molecule has 0 amide bonds. The van der Waals surface area contributed by atoms with Crippen LogP contribution in [0.1, 0.15) is 13.8 Å². The Labute approximate surface area is 104 Å². The molecule has 2 heterocycles. The molecule has 2 saturated heterocycles. The van der Waals surface area contributed by atoms with E-state index in [4.69, 9.17) is 36.3 Å². The van der Waals surface area contributed by atoms with Crippen molar-refractivity contribution in [2.45, 2.75) is 44.1 Å². The van der Waals surface area contributed by atoms with E-state index in [1.54, 1.807) is 13.8 Å². The fraction of sp³-hybridized carbons (Fsp3) is 0.900. The van der Waals surface area contributed by atoms with Crippen LogP contribution in [-0.4, -0.2) is 58.9 Å². The molecule has 0 aromatic carbocycles. The molecule has 4 atom stereocenters. The molecule has 0 saturated carbocycles. The minimum atomic E-state index is -1.03. The Bertz CT molecular complexity index is 307. The van der Waals surface area contributed by atoms with Gasteiger partial charge in [0, 0.05) is 12.2 Å². The summed E-state index contributed by atoms with van der Waals surface area (Å²) in [4.78, 5) is 0. The number of ether oxygens (including phenoxy) is 4. The van der Waals surface area contributed by atoms with Gasteiger partial charge in [-0.3, -0.25) is 0 Å². The van der Waals surface area contributed by atoms with Gasteiger partial charge in [-0.1, -0.05) is 0 Å². The first kappa shape index (κ1) is 13.0. The number of aliphatic hydroxyl groups is 2. The van der Waals surface area contributed by atoms with Gasteiger partial charge >= 0.3 is 5.24 Å². The molecule has 6 nitrogen and oxygen atoms in total. The summed E-state index contributed by atoms with van der Waals surface area (Å²) in [6.45, 7) is 3.33. The first-order chi connectivity index (χ1) is 7.93. The van der Waals surface area contributed by atoms with E-state index in [1.807, 2.05) is 0 Å². The van der Waals surface area contributed by atoms with E-state index in [9.17, 15) is 5.11 Å². The van der Waals surface area contributed by atoms with Crippen LogP contribution >= 0.6 is 12.2 Å². The Morgan fingerprint density at radius 2 is 2.18 bits per heavy atom. The van der Waals surface area contributed by atoms with Gasteiger partial charge in [-0.15, -0.1) is 0 Å². The van der Waals surface area contributed by atoms with Gasteiger partial charge in [-0.2, -0.15) is 0 Å². The van der Waals surface area contributed by atoms with E-state index in [-0.39, 0.29) is 11.8 Å². The normalized spacial score (nSPS) is 37.6. The average molecular weight is 264 g/mol. The molecule has 0 aromatic rings. The van der Waals surface area contributed by atoms with Crippen LogP contribution in [-0.2, 0) is 18.9 Å². The molecule has 98 valence electrons. The summed E-state index contributed by atoms with van der Waals surface area (Å²) < 4.78 is 21.5. The van der Waals surface area contributed by atoms with Gasteiger partial charge in [0.15, 0.2) is 11.9 Å². The van der Waals surface area contributed by atoms with Crippen LogP contribution in [0.4, 0.5) is 0 Å². The molecule has 7 heteroatoms. The molecule has 2 aliphatic rings. The topological polar surface area (TPSA) is 77.4 Å². The Morgan fingerprint density at radius 1 is 1.47 bits per heavy atom. The van der Waals surface area contributed by atoms with Crippen molar-refractivity contribution in [3.63, 3.8) is 0 Å². The quantitative estimate of drug-likeness (QED) is 0.669. The lowest BCUT2D eigenvalue weighted by Gasteiger charge is -2.23. The van der Waals surface area contributed by atoms with Crippen LogP contribution in [0.15, 0.2) is 0 Å². The van der Waals surface area contributed by atoms with Crippen molar-refractivity contribution < 1.29 is 29.2 Å². The number of hydrogen-bond acceptors (Lipinski definition) is 7. The van der Waals surface area contributed by atoms with E-state index in [2.05, 4.69) is 0 Å². The zero-order valence-electron chi connectivity index (χ0n) is 9.66. The third-order valence-electron chi connectivity index (χ3n) is 2.71. The fourth-order valence-corrected chi connectivity index (χ4v) is 2.20. The predicted octanol–water partition coefficient (Wildman–Crippen LogP) is -0.440. The summed E-state index contributed by atoms with van der Waals surface area (Å²) >= 11 is 4.77. The minimum Gasteiger partial charge on any atom is -0.453 e. The van der Waals surface area contributed by atoms with Gasteiger partial charge in [0.2, 0.25) is 0 Å². The number of aliphatic hydroxyl groups excluding tert-OH is 2. The Hall–Kier alpha value is -0.470. The van der Waals surface area contributed by atoms with Gasteiger partial charge in [0.05, 0.1) is 6.61 Å². The minimum absolute atomic E-state index is 0.0699. The van der Waals surface area contributed by atoms with E-state index in [1.165, 1.54) is 0 Å². The molecule has 2 aliphatic heterocycles. The zero-order chi connectivity index (χ0) is 12.6. The van der Waals surface area contributed by atoms with Gasteiger partial charge in [0.25, 0.3) is 0 Å². The molecule has 2 fully saturated rings. The van der Waals surface area contributed by atoms with Crippen molar-refractivity contribution in [2.24, 2.45) is 0 Å². The molecular formula is C10H16O6S. The van der Waals surface area contributed by atoms with Crippen molar-refractivity contribution >= 4 is 17.5 Å². The van der Waals surface area contributed by atoms with E-state index < -0.39 is 36.8 Å². The summed E-state index contributed by atoms with van der Waals surface area (Å²) in [6, 6.07) is 0. The van der Waals surface area contributed by atoms with Crippen LogP contribution in [0, 0.1) is 0 Å². The summed E-state index contributed by atoms with van der Waals surface area (Å²) in [5.41, 5.74) is 0. The molecule has 0 unspecified atom stereocenters. The molecule has 0 radical (unpaired) electrons. The highest BCUT2D eigenvalue weighted by Crippen LogP contribution is 2.34. The lowest BCUT2D eigenvalue weighted by Crippen LogP contribution is -2.44. The van der Waals surface area contributed by atoms with Gasteiger partial charge in [-0.05, 0) is 13.8 Å². The Kier molecular flexibility index (Phi) is 3.55. The largest absolute Gasteiger partial charge is 0.453 e. The Morgan fingerprint density at radius 3 is 2.71 bits per heavy atom. The lowest BCUT2D eigenvalue weighted by molar-refractivity contribution is -0.160. The SMILES string of the molecule is CC1(C)O[C@H]([C@H](O)CO)[C@@H]([C@H]2COC(=S)O2)O1. The van der Waals surface area contributed by atoms with E-state index in [0.29, 0.717) is 0 Å². The molecule has 2 rings (SSSR count). The van der Waals surface area contributed by atoms with Crippen molar-refractivity contribution in [3.8, 4) is 0 Å². The first-order valence-corrected chi connectivity index (χ1v) is 5.82. The van der Waals surface area contributed by atoms with Crippen LogP contribution < -0.4 is 0 Å². The molecule has 0 aromatic heterocycles. The van der Waals surface area contributed by atoms with Gasteiger partial charge in [-0.25, -0.2) is 0 Å². The predicted molar refractivity (Wildman–Crippen MR) is 60.3 cm³/mol. The van der Waals surface area contributed by atoms with E-state index in [0.717, 1.165) is 0 Å². The highest BCUT2D eigenvalue weighted by Gasteiger charge is 2.50. The summed E-state index contributed by atoms with van der Waals surface area (Å²) in [5, 5.41) is 18.8. The average Bonchev–Trinajstić information content (AvgIpc) is 2.80. The highest BCUT2D eigenvalue weighted by molar-refractivity contribution is 7.79. The Balaban J connectivity index is 2.10. The zero-order valence-corrected chi connectivity index (χ0v) is 10.5. The lowest BCUT2D eigenvalue weighted by atomic mass is 10.0. The monoisotopic (exact) mass is 264 g/mol. The second-order valence-corrected chi connectivity index (χ2v) is 4.87. The van der Waals surface area contributed by atoms with Crippen molar-refractivity contribution in [3.05, 3.63) is 0 Å². The second-order valence-electron chi connectivity index (χ2n) is 4.53. The summed E-state index contributed by atoms with van der Waals surface area (Å²) in [6.07, 6.45) is -2.63. The maximum Gasteiger partial charge on any atom is 0.352 e. The standard InChI is InChI=1S/C10H16O6S/c1-10(2)15-7(5(12)3-11)8(16-10)6-4-13-9(17)14-6/h5-8,11-12H,3-4H2,1-2H3/t5-,6-,7-,8-/m1/s1. The van der Waals surface area contributed by atoms with Crippen molar-refractivity contribution in [1.82, 2.24) is 0 Å². The summed E-state index contributed by atoms with van der Waals surface area (Å²) in [5.74, 6) is -0.834. The highest BCUT2D eigenvalue weighted by atomic mass is 32.1.